The molecule has 1 aliphatic rings. The SMILES string of the molecule is O=C(O)CN(C(=O)NCc1cnc[nH]1)C1CCS(=O)(=O)C1. The summed E-state index contributed by atoms with van der Waals surface area (Å²) < 4.78 is 23.0. The molecule has 10 heteroatoms. The molecule has 116 valence electrons. The summed E-state index contributed by atoms with van der Waals surface area (Å²) in [5, 5.41) is 11.4. The molecule has 0 spiro atoms. The second kappa shape index (κ2) is 6.12. The zero-order valence-corrected chi connectivity index (χ0v) is 12.0. The van der Waals surface area contributed by atoms with Crippen LogP contribution in [0, 0.1) is 0 Å². The molecule has 1 unspecified atom stereocenters. The van der Waals surface area contributed by atoms with E-state index >= 15 is 0 Å². The Morgan fingerprint density at radius 2 is 2.29 bits per heavy atom. The van der Waals surface area contributed by atoms with Gasteiger partial charge in [-0.15, -0.1) is 0 Å². The monoisotopic (exact) mass is 316 g/mol. The van der Waals surface area contributed by atoms with E-state index in [4.69, 9.17) is 5.11 Å². The molecular formula is C11H16N4O5S. The summed E-state index contributed by atoms with van der Waals surface area (Å²) in [5.41, 5.74) is 0.665. The maximum Gasteiger partial charge on any atom is 0.323 e. The van der Waals surface area contributed by atoms with Gasteiger partial charge in [0.05, 0.1) is 30.1 Å². The number of amides is 2. The predicted octanol–water partition coefficient (Wildman–Crippen LogP) is -0.807. The van der Waals surface area contributed by atoms with Crippen molar-refractivity contribution >= 4 is 21.8 Å². The maximum absolute atomic E-state index is 12.1. The van der Waals surface area contributed by atoms with Gasteiger partial charge in [0.25, 0.3) is 0 Å². The highest BCUT2D eigenvalue weighted by molar-refractivity contribution is 7.91. The zero-order valence-electron chi connectivity index (χ0n) is 11.2. The van der Waals surface area contributed by atoms with E-state index in [2.05, 4.69) is 15.3 Å². The van der Waals surface area contributed by atoms with Crippen molar-refractivity contribution in [3.05, 3.63) is 18.2 Å². The second-order valence-corrected chi connectivity index (χ2v) is 7.04. The van der Waals surface area contributed by atoms with Crippen LogP contribution in [0.4, 0.5) is 4.79 Å². The molecule has 0 radical (unpaired) electrons. The van der Waals surface area contributed by atoms with Gasteiger partial charge in [0.1, 0.15) is 6.54 Å². The number of nitrogens with one attached hydrogen (secondary N) is 2. The van der Waals surface area contributed by atoms with E-state index in [9.17, 15) is 18.0 Å². The number of aromatic nitrogens is 2. The van der Waals surface area contributed by atoms with Gasteiger partial charge in [-0.25, -0.2) is 18.2 Å². The highest BCUT2D eigenvalue weighted by atomic mass is 32.2. The summed E-state index contributed by atoms with van der Waals surface area (Å²) in [5.74, 6) is -1.41. The Balaban J connectivity index is 2.01. The molecule has 21 heavy (non-hydrogen) atoms. The number of carbonyl (C=O) groups excluding carboxylic acids is 1. The minimum atomic E-state index is -3.20. The van der Waals surface area contributed by atoms with Gasteiger partial charge < -0.3 is 20.3 Å². The molecule has 1 aliphatic heterocycles. The molecule has 1 atom stereocenters. The minimum Gasteiger partial charge on any atom is -0.480 e. The molecule has 9 nitrogen and oxygen atoms in total. The first-order valence-corrected chi connectivity index (χ1v) is 8.13. The van der Waals surface area contributed by atoms with Crippen molar-refractivity contribution in [3.63, 3.8) is 0 Å². The normalized spacial score (nSPS) is 20.1. The lowest BCUT2D eigenvalue weighted by molar-refractivity contribution is -0.138. The highest BCUT2D eigenvalue weighted by Gasteiger charge is 2.35. The van der Waals surface area contributed by atoms with E-state index in [-0.39, 0.29) is 24.5 Å². The van der Waals surface area contributed by atoms with Crippen molar-refractivity contribution in [2.75, 3.05) is 18.1 Å². The molecule has 2 rings (SSSR count). The molecule has 1 aromatic rings. The summed E-state index contributed by atoms with van der Waals surface area (Å²) in [4.78, 5) is 30.6. The van der Waals surface area contributed by atoms with E-state index in [0.717, 1.165) is 4.90 Å². The summed E-state index contributed by atoms with van der Waals surface area (Å²) in [6.45, 7) is -0.372. The third-order valence-corrected chi connectivity index (χ3v) is 4.95. The molecular weight excluding hydrogens is 300 g/mol. The van der Waals surface area contributed by atoms with Crippen molar-refractivity contribution in [2.45, 2.75) is 19.0 Å². The van der Waals surface area contributed by atoms with Crippen LogP contribution >= 0.6 is 0 Å². The van der Waals surface area contributed by atoms with Gasteiger partial charge in [0, 0.05) is 12.2 Å². The first-order valence-electron chi connectivity index (χ1n) is 6.31. The summed E-state index contributed by atoms with van der Waals surface area (Å²) >= 11 is 0. The Kier molecular flexibility index (Phi) is 4.46. The van der Waals surface area contributed by atoms with Crippen LogP contribution in [0.2, 0.25) is 0 Å². The molecule has 0 aliphatic carbocycles. The topological polar surface area (TPSA) is 132 Å². The van der Waals surface area contributed by atoms with E-state index in [1.165, 1.54) is 12.5 Å². The lowest BCUT2D eigenvalue weighted by Crippen LogP contribution is -2.48. The van der Waals surface area contributed by atoms with Gasteiger partial charge in [-0.05, 0) is 6.42 Å². The number of imidazole rings is 1. The number of carboxylic acids is 1. The van der Waals surface area contributed by atoms with E-state index < -0.39 is 34.4 Å². The molecule has 0 aromatic carbocycles. The molecule has 2 heterocycles. The largest absolute Gasteiger partial charge is 0.480 e. The van der Waals surface area contributed by atoms with Crippen molar-refractivity contribution in [1.29, 1.82) is 0 Å². The number of sulfone groups is 1. The van der Waals surface area contributed by atoms with Gasteiger partial charge in [-0.1, -0.05) is 0 Å². The zero-order chi connectivity index (χ0) is 15.5. The fourth-order valence-electron chi connectivity index (χ4n) is 2.19. The number of hydrogen-bond donors (Lipinski definition) is 3. The Bertz CT molecular complexity index is 613. The third kappa shape index (κ3) is 4.18. The van der Waals surface area contributed by atoms with Gasteiger partial charge in [0.15, 0.2) is 9.84 Å². The average molecular weight is 316 g/mol. The number of aromatic amines is 1. The lowest BCUT2D eigenvalue weighted by atomic mass is 10.2. The third-order valence-electron chi connectivity index (χ3n) is 3.20. The summed E-state index contributed by atoms with van der Waals surface area (Å²) in [6.07, 6.45) is 3.25. The van der Waals surface area contributed by atoms with E-state index in [0.29, 0.717) is 5.69 Å². The van der Waals surface area contributed by atoms with E-state index in [1.54, 1.807) is 0 Å². The summed E-state index contributed by atoms with van der Waals surface area (Å²) in [6, 6.07) is -1.21. The fraction of sp³-hybridized carbons (Fsp3) is 0.545. The fourth-order valence-corrected chi connectivity index (χ4v) is 3.92. The van der Waals surface area contributed by atoms with Crippen LogP contribution in [-0.2, 0) is 21.2 Å². The highest BCUT2D eigenvalue weighted by Crippen LogP contribution is 2.17. The van der Waals surface area contributed by atoms with Gasteiger partial charge >= 0.3 is 12.0 Å². The first kappa shape index (κ1) is 15.3. The Hall–Kier alpha value is -2.10. The number of aliphatic carboxylic acids is 1. The maximum atomic E-state index is 12.1. The van der Waals surface area contributed by atoms with E-state index in [1.807, 2.05) is 0 Å². The number of H-pyrrole nitrogens is 1. The number of carbonyl (C=O) groups is 2. The molecule has 0 saturated carbocycles. The van der Waals surface area contributed by atoms with Gasteiger partial charge in [-0.3, -0.25) is 4.79 Å². The first-order chi connectivity index (χ1) is 9.87. The van der Waals surface area contributed by atoms with Crippen LogP contribution in [0.3, 0.4) is 0 Å². The second-order valence-electron chi connectivity index (χ2n) is 4.81. The molecule has 3 N–H and O–H groups in total. The van der Waals surface area contributed by atoms with Crippen molar-refractivity contribution in [1.82, 2.24) is 20.2 Å². The number of rotatable bonds is 5. The van der Waals surface area contributed by atoms with Crippen LogP contribution < -0.4 is 5.32 Å². The van der Waals surface area contributed by atoms with Crippen LogP contribution in [0.1, 0.15) is 12.1 Å². The Labute approximate surface area is 121 Å². The quantitative estimate of drug-likeness (QED) is 0.651. The lowest BCUT2D eigenvalue weighted by Gasteiger charge is -2.26. The number of urea groups is 1. The smallest absolute Gasteiger partial charge is 0.323 e. The Morgan fingerprint density at radius 3 is 2.81 bits per heavy atom. The van der Waals surface area contributed by atoms with Crippen LogP contribution in [-0.4, -0.2) is 64.5 Å². The Morgan fingerprint density at radius 1 is 1.52 bits per heavy atom. The van der Waals surface area contributed by atoms with Crippen LogP contribution in [0.25, 0.3) is 0 Å². The molecule has 2 amide bonds. The van der Waals surface area contributed by atoms with Gasteiger partial charge in [-0.2, -0.15) is 0 Å². The molecule has 1 fully saturated rings. The van der Waals surface area contributed by atoms with Crippen molar-refractivity contribution < 1.29 is 23.1 Å². The molecule has 0 bridgehead atoms. The van der Waals surface area contributed by atoms with Gasteiger partial charge in [0.2, 0.25) is 0 Å². The number of hydrogen-bond acceptors (Lipinski definition) is 5. The minimum absolute atomic E-state index is 0.0262. The number of nitrogens with zero attached hydrogens (tertiary/aromatic N) is 2. The molecule has 1 aromatic heterocycles. The standard InChI is InChI=1S/C11H16N4O5S/c16-10(17)5-15(9-1-2-21(19,20)6-9)11(18)13-4-8-3-12-7-14-8/h3,7,9H,1-2,4-6H2,(H,12,14)(H,13,18)(H,16,17). The van der Waals surface area contributed by atoms with Crippen molar-refractivity contribution in [2.24, 2.45) is 0 Å². The molecule has 1 saturated heterocycles. The van der Waals surface area contributed by atoms with Crippen LogP contribution in [0.15, 0.2) is 12.5 Å². The van der Waals surface area contributed by atoms with Crippen molar-refractivity contribution in [3.8, 4) is 0 Å². The number of carboxylic acid groups (broad SMARTS) is 1. The summed E-state index contributed by atoms with van der Waals surface area (Å²) in [7, 11) is -3.20. The average Bonchev–Trinajstić information content (AvgIpc) is 3.02. The predicted molar refractivity (Wildman–Crippen MR) is 72.2 cm³/mol. The van der Waals surface area contributed by atoms with Crippen LogP contribution in [0.5, 0.6) is 0 Å².